The van der Waals surface area contributed by atoms with E-state index in [0.29, 0.717) is 6.42 Å². The van der Waals surface area contributed by atoms with Crippen LogP contribution in [0.1, 0.15) is 76.1 Å². The number of ketones is 1. The van der Waals surface area contributed by atoms with Crippen molar-refractivity contribution in [2.24, 2.45) is 0 Å². The van der Waals surface area contributed by atoms with Crippen molar-refractivity contribution in [1.29, 1.82) is 0 Å². The number of aromatic nitrogens is 2. The van der Waals surface area contributed by atoms with Crippen LogP contribution in [0.5, 0.6) is 0 Å². The summed E-state index contributed by atoms with van der Waals surface area (Å²) in [6.45, 7) is 12.8. The molecular formula is C15H24N2O. The van der Waals surface area contributed by atoms with Gasteiger partial charge in [0, 0.05) is 11.8 Å². The molecule has 0 N–H and O–H groups in total. The Morgan fingerprint density at radius 2 is 1.67 bits per heavy atom. The van der Waals surface area contributed by atoms with Crippen LogP contribution in [-0.2, 0) is 17.4 Å². The number of rotatable bonds is 0. The lowest BCUT2D eigenvalue weighted by molar-refractivity contribution is 0.0969. The van der Waals surface area contributed by atoms with Crippen LogP contribution in [0.3, 0.4) is 0 Å². The molecule has 18 heavy (non-hydrogen) atoms. The largest absolute Gasteiger partial charge is 0.294 e. The topological polar surface area (TPSA) is 34.9 Å². The van der Waals surface area contributed by atoms with E-state index in [-0.39, 0.29) is 16.7 Å². The average molecular weight is 248 g/mol. The van der Waals surface area contributed by atoms with Crippen molar-refractivity contribution >= 4 is 5.78 Å². The zero-order valence-corrected chi connectivity index (χ0v) is 12.4. The first-order valence-electron chi connectivity index (χ1n) is 6.78. The van der Waals surface area contributed by atoms with E-state index in [1.165, 1.54) is 0 Å². The fourth-order valence-electron chi connectivity index (χ4n) is 2.60. The molecule has 1 aromatic rings. The Balaban J connectivity index is 2.70. The SMILES string of the molecule is CC(C)(C)c1nn(C(C)(C)C)c2c1C(=O)CCC2. The molecule has 100 valence electrons. The number of Topliss-reactive ketones (excluding diaryl/α,β-unsaturated/α-hetero) is 1. The lowest BCUT2D eigenvalue weighted by Crippen LogP contribution is -2.27. The van der Waals surface area contributed by atoms with E-state index < -0.39 is 0 Å². The number of hydrogen-bond donors (Lipinski definition) is 0. The van der Waals surface area contributed by atoms with Gasteiger partial charge in [0.1, 0.15) is 0 Å². The van der Waals surface area contributed by atoms with Crippen LogP contribution in [-0.4, -0.2) is 15.6 Å². The van der Waals surface area contributed by atoms with Gasteiger partial charge in [-0.25, -0.2) is 0 Å². The van der Waals surface area contributed by atoms with Gasteiger partial charge in [0.25, 0.3) is 0 Å². The number of nitrogens with zero attached hydrogens (tertiary/aromatic N) is 2. The summed E-state index contributed by atoms with van der Waals surface area (Å²) >= 11 is 0. The molecule has 3 nitrogen and oxygen atoms in total. The normalized spacial score (nSPS) is 16.9. The molecule has 0 saturated carbocycles. The summed E-state index contributed by atoms with van der Waals surface area (Å²) in [5.74, 6) is 0.275. The maximum absolute atomic E-state index is 12.2. The van der Waals surface area contributed by atoms with Gasteiger partial charge in [0.15, 0.2) is 5.78 Å². The predicted octanol–water partition coefficient (Wildman–Crippen LogP) is 3.45. The summed E-state index contributed by atoms with van der Waals surface area (Å²) < 4.78 is 2.07. The molecule has 0 unspecified atom stereocenters. The van der Waals surface area contributed by atoms with Crippen molar-refractivity contribution in [3.05, 3.63) is 17.0 Å². The number of carbonyl (C=O) groups excluding carboxylic acids is 1. The third kappa shape index (κ3) is 2.11. The zero-order valence-electron chi connectivity index (χ0n) is 12.4. The minimum Gasteiger partial charge on any atom is -0.294 e. The summed E-state index contributed by atoms with van der Waals surface area (Å²) in [5, 5.41) is 4.78. The molecule has 0 amide bonds. The quantitative estimate of drug-likeness (QED) is 0.704. The zero-order chi connectivity index (χ0) is 13.7. The van der Waals surface area contributed by atoms with E-state index in [1.807, 2.05) is 0 Å². The van der Waals surface area contributed by atoms with E-state index in [9.17, 15) is 4.79 Å². The van der Waals surface area contributed by atoms with Crippen molar-refractivity contribution in [2.45, 2.75) is 71.8 Å². The summed E-state index contributed by atoms with van der Waals surface area (Å²) in [4.78, 5) is 12.2. The minimum absolute atomic E-state index is 0.0643. The standard InChI is InChI=1S/C15H24N2O/c1-14(2,3)13-12-10(8-7-9-11(12)18)17(16-13)15(4,5)6/h7-9H2,1-6H3. The Morgan fingerprint density at radius 1 is 1.06 bits per heavy atom. The molecule has 0 bridgehead atoms. The van der Waals surface area contributed by atoms with E-state index in [2.05, 4.69) is 46.2 Å². The van der Waals surface area contributed by atoms with Gasteiger partial charge in [-0.2, -0.15) is 5.10 Å². The van der Waals surface area contributed by atoms with Gasteiger partial charge in [0.05, 0.1) is 22.5 Å². The van der Waals surface area contributed by atoms with Crippen LogP contribution in [0, 0.1) is 0 Å². The van der Waals surface area contributed by atoms with E-state index >= 15 is 0 Å². The smallest absolute Gasteiger partial charge is 0.166 e. The minimum atomic E-state index is -0.0758. The molecule has 0 spiro atoms. The Kier molecular flexibility index (Phi) is 2.91. The maximum Gasteiger partial charge on any atom is 0.166 e. The van der Waals surface area contributed by atoms with Gasteiger partial charge in [-0.15, -0.1) is 0 Å². The second kappa shape index (κ2) is 3.94. The first kappa shape index (κ1) is 13.3. The lowest BCUT2D eigenvalue weighted by atomic mass is 9.84. The van der Waals surface area contributed by atoms with Gasteiger partial charge in [-0.05, 0) is 33.6 Å². The van der Waals surface area contributed by atoms with Crippen molar-refractivity contribution in [3.63, 3.8) is 0 Å². The third-order valence-electron chi connectivity index (χ3n) is 3.42. The summed E-state index contributed by atoms with van der Waals surface area (Å²) in [5.41, 5.74) is 2.88. The van der Waals surface area contributed by atoms with Gasteiger partial charge < -0.3 is 0 Å². The van der Waals surface area contributed by atoms with Crippen LogP contribution in [0.2, 0.25) is 0 Å². The van der Waals surface area contributed by atoms with Crippen LogP contribution >= 0.6 is 0 Å². The predicted molar refractivity (Wildman–Crippen MR) is 73.2 cm³/mol. The molecule has 1 heterocycles. The van der Waals surface area contributed by atoms with E-state index in [0.717, 1.165) is 29.8 Å². The summed E-state index contributed by atoms with van der Waals surface area (Å²) in [7, 11) is 0. The maximum atomic E-state index is 12.2. The van der Waals surface area contributed by atoms with Crippen LogP contribution in [0.4, 0.5) is 0 Å². The number of hydrogen-bond acceptors (Lipinski definition) is 2. The fourth-order valence-corrected chi connectivity index (χ4v) is 2.60. The van der Waals surface area contributed by atoms with E-state index in [1.54, 1.807) is 0 Å². The van der Waals surface area contributed by atoms with Gasteiger partial charge in [-0.1, -0.05) is 20.8 Å². The first-order valence-corrected chi connectivity index (χ1v) is 6.78. The van der Waals surface area contributed by atoms with Gasteiger partial charge in [0.2, 0.25) is 0 Å². The molecule has 3 heteroatoms. The monoisotopic (exact) mass is 248 g/mol. The highest BCUT2D eigenvalue weighted by Gasteiger charge is 2.34. The summed E-state index contributed by atoms with van der Waals surface area (Å²) in [6.07, 6.45) is 2.60. The van der Waals surface area contributed by atoms with Crippen LogP contribution in [0.15, 0.2) is 0 Å². The molecule has 1 aliphatic rings. The van der Waals surface area contributed by atoms with Crippen molar-refractivity contribution < 1.29 is 4.79 Å². The Labute approximate surface area is 110 Å². The Morgan fingerprint density at radius 3 is 2.17 bits per heavy atom. The summed E-state index contributed by atoms with van der Waals surface area (Å²) in [6, 6.07) is 0. The van der Waals surface area contributed by atoms with Crippen LogP contribution in [0.25, 0.3) is 0 Å². The fraction of sp³-hybridized carbons (Fsp3) is 0.733. The van der Waals surface area contributed by atoms with Crippen molar-refractivity contribution in [1.82, 2.24) is 9.78 Å². The molecule has 1 aromatic heterocycles. The molecule has 0 aromatic carbocycles. The second-order valence-corrected chi connectivity index (χ2v) is 7.28. The highest BCUT2D eigenvalue weighted by molar-refractivity contribution is 5.99. The molecule has 1 aliphatic carbocycles. The highest BCUT2D eigenvalue weighted by atomic mass is 16.1. The van der Waals surface area contributed by atoms with Gasteiger partial charge >= 0.3 is 0 Å². The Bertz CT molecular complexity index is 484. The van der Waals surface area contributed by atoms with Crippen molar-refractivity contribution in [2.75, 3.05) is 0 Å². The highest BCUT2D eigenvalue weighted by Crippen LogP contribution is 2.34. The molecule has 0 saturated heterocycles. The molecule has 2 rings (SSSR count). The molecule has 0 atom stereocenters. The number of fused-ring (bicyclic) bond motifs is 1. The van der Waals surface area contributed by atoms with Gasteiger partial charge in [-0.3, -0.25) is 9.48 Å². The Hall–Kier alpha value is -1.12. The van der Waals surface area contributed by atoms with Crippen LogP contribution < -0.4 is 0 Å². The molecule has 0 fully saturated rings. The molecular weight excluding hydrogens is 224 g/mol. The molecule has 0 radical (unpaired) electrons. The second-order valence-electron chi connectivity index (χ2n) is 7.28. The number of carbonyl (C=O) groups is 1. The third-order valence-corrected chi connectivity index (χ3v) is 3.42. The lowest BCUT2D eigenvalue weighted by Gasteiger charge is -2.24. The van der Waals surface area contributed by atoms with E-state index in [4.69, 9.17) is 5.10 Å². The first-order chi connectivity index (χ1) is 8.12. The molecule has 0 aliphatic heterocycles. The van der Waals surface area contributed by atoms with Crippen molar-refractivity contribution in [3.8, 4) is 0 Å². The average Bonchev–Trinajstić information content (AvgIpc) is 2.56.